The number of nitrogens with one attached hydrogen (secondary N) is 2. The maximum Gasteiger partial charge on any atom is 0.242 e. The van der Waals surface area contributed by atoms with Gasteiger partial charge in [-0.2, -0.15) is 0 Å². The minimum Gasteiger partial charge on any atom is -0.354 e. The number of sulfonamides is 1. The number of nitrogens with zero attached hydrogens (tertiary/aromatic N) is 1. The molecule has 3 rings (SSSR count). The summed E-state index contributed by atoms with van der Waals surface area (Å²) in [6.07, 6.45) is 3.28. The van der Waals surface area contributed by atoms with Gasteiger partial charge in [0.05, 0.1) is 4.90 Å². The van der Waals surface area contributed by atoms with Crippen LogP contribution in [0.15, 0.2) is 59.5 Å². The number of carbonyl (C=O) groups is 2. The van der Waals surface area contributed by atoms with E-state index in [-0.39, 0.29) is 29.2 Å². The first-order valence-corrected chi connectivity index (χ1v) is 13.0. The summed E-state index contributed by atoms with van der Waals surface area (Å²) < 4.78 is 27.3. The Bertz CT molecular complexity index is 1040. The van der Waals surface area contributed by atoms with Gasteiger partial charge in [0.2, 0.25) is 21.8 Å². The SMILES string of the molecule is CCCNC(=O)C(C)N(Cc1ccccc1)C(=O)CCc1ccc(S(=O)(=O)NC2CC2)cc1. The van der Waals surface area contributed by atoms with E-state index in [0.717, 1.165) is 30.4 Å². The molecule has 2 N–H and O–H groups in total. The van der Waals surface area contributed by atoms with Gasteiger partial charge in [0, 0.05) is 25.6 Å². The van der Waals surface area contributed by atoms with E-state index in [9.17, 15) is 18.0 Å². The zero-order chi connectivity index (χ0) is 23.8. The van der Waals surface area contributed by atoms with Crippen molar-refractivity contribution in [2.75, 3.05) is 6.54 Å². The summed E-state index contributed by atoms with van der Waals surface area (Å²) in [5.41, 5.74) is 1.83. The third-order valence-electron chi connectivity index (χ3n) is 5.67. The zero-order valence-corrected chi connectivity index (χ0v) is 20.1. The highest BCUT2D eigenvalue weighted by Gasteiger charge is 2.28. The summed E-state index contributed by atoms with van der Waals surface area (Å²) in [6, 6.07) is 15.7. The van der Waals surface area contributed by atoms with Crippen LogP contribution in [0, 0.1) is 0 Å². The molecule has 1 unspecified atom stereocenters. The lowest BCUT2D eigenvalue weighted by Gasteiger charge is -2.29. The van der Waals surface area contributed by atoms with E-state index in [1.807, 2.05) is 37.3 Å². The molecule has 2 aromatic rings. The highest BCUT2D eigenvalue weighted by Crippen LogP contribution is 2.22. The molecule has 0 spiro atoms. The van der Waals surface area contributed by atoms with Crippen molar-refractivity contribution in [1.29, 1.82) is 0 Å². The molecule has 1 aliphatic rings. The molecule has 2 aromatic carbocycles. The fraction of sp³-hybridized carbons (Fsp3) is 0.440. The average Bonchev–Trinajstić information content (AvgIpc) is 3.63. The molecular formula is C25H33N3O4S. The Balaban J connectivity index is 1.64. The first kappa shape index (κ1) is 24.9. The summed E-state index contributed by atoms with van der Waals surface area (Å²) in [5.74, 6) is -0.288. The van der Waals surface area contributed by atoms with Gasteiger partial charge in [-0.15, -0.1) is 0 Å². The third kappa shape index (κ3) is 7.40. The van der Waals surface area contributed by atoms with E-state index >= 15 is 0 Å². The summed E-state index contributed by atoms with van der Waals surface area (Å²) in [5, 5.41) is 2.87. The first-order valence-electron chi connectivity index (χ1n) is 11.5. The van der Waals surface area contributed by atoms with Crippen LogP contribution < -0.4 is 10.0 Å². The van der Waals surface area contributed by atoms with Crippen molar-refractivity contribution >= 4 is 21.8 Å². The number of amides is 2. The van der Waals surface area contributed by atoms with Gasteiger partial charge in [-0.25, -0.2) is 13.1 Å². The average molecular weight is 472 g/mol. The second-order valence-electron chi connectivity index (χ2n) is 8.51. The monoisotopic (exact) mass is 471 g/mol. The molecule has 1 aliphatic carbocycles. The van der Waals surface area contributed by atoms with E-state index in [1.54, 1.807) is 36.1 Å². The molecule has 0 aliphatic heterocycles. The van der Waals surface area contributed by atoms with Gasteiger partial charge in [0.1, 0.15) is 6.04 Å². The fourth-order valence-corrected chi connectivity index (χ4v) is 4.78. The van der Waals surface area contributed by atoms with Crippen LogP contribution in [-0.4, -0.2) is 43.8 Å². The van der Waals surface area contributed by atoms with Crippen LogP contribution in [0.5, 0.6) is 0 Å². The van der Waals surface area contributed by atoms with E-state index in [2.05, 4.69) is 10.0 Å². The summed E-state index contributed by atoms with van der Waals surface area (Å²) in [6.45, 7) is 4.65. The number of aryl methyl sites for hydroxylation is 1. The Labute approximate surface area is 196 Å². The highest BCUT2D eigenvalue weighted by atomic mass is 32.2. The largest absolute Gasteiger partial charge is 0.354 e. The van der Waals surface area contributed by atoms with Crippen LogP contribution in [0.1, 0.15) is 50.7 Å². The van der Waals surface area contributed by atoms with Crippen molar-refractivity contribution in [1.82, 2.24) is 14.9 Å². The molecule has 0 radical (unpaired) electrons. The molecular weight excluding hydrogens is 438 g/mol. The van der Waals surface area contributed by atoms with E-state index in [4.69, 9.17) is 0 Å². The molecule has 1 saturated carbocycles. The normalized spacial score (nSPS) is 14.5. The molecule has 1 fully saturated rings. The van der Waals surface area contributed by atoms with Crippen LogP contribution >= 0.6 is 0 Å². The van der Waals surface area contributed by atoms with Crippen molar-refractivity contribution in [2.24, 2.45) is 0 Å². The number of rotatable bonds is 12. The van der Waals surface area contributed by atoms with Crippen molar-refractivity contribution < 1.29 is 18.0 Å². The lowest BCUT2D eigenvalue weighted by atomic mass is 10.1. The minimum atomic E-state index is -3.49. The highest BCUT2D eigenvalue weighted by molar-refractivity contribution is 7.89. The van der Waals surface area contributed by atoms with Gasteiger partial charge in [0.15, 0.2) is 0 Å². The van der Waals surface area contributed by atoms with Crippen LogP contribution in [-0.2, 0) is 32.6 Å². The molecule has 0 aromatic heterocycles. The number of carbonyl (C=O) groups excluding carboxylic acids is 2. The topological polar surface area (TPSA) is 95.6 Å². The first-order chi connectivity index (χ1) is 15.8. The van der Waals surface area contributed by atoms with Crippen molar-refractivity contribution in [3.63, 3.8) is 0 Å². The second-order valence-corrected chi connectivity index (χ2v) is 10.2. The summed E-state index contributed by atoms with van der Waals surface area (Å²) in [7, 11) is -3.49. The Morgan fingerprint density at radius 3 is 2.30 bits per heavy atom. The van der Waals surface area contributed by atoms with E-state index in [1.165, 1.54) is 0 Å². The smallest absolute Gasteiger partial charge is 0.242 e. The molecule has 7 nitrogen and oxygen atoms in total. The molecule has 178 valence electrons. The maximum atomic E-state index is 13.1. The van der Waals surface area contributed by atoms with Crippen LogP contribution in [0.3, 0.4) is 0 Å². The third-order valence-corrected chi connectivity index (χ3v) is 7.21. The summed E-state index contributed by atoms with van der Waals surface area (Å²) >= 11 is 0. The number of hydrogen-bond acceptors (Lipinski definition) is 4. The number of hydrogen-bond donors (Lipinski definition) is 2. The minimum absolute atomic E-state index is 0.0550. The lowest BCUT2D eigenvalue weighted by Crippen LogP contribution is -2.47. The Kier molecular flexibility index (Phi) is 8.63. The van der Waals surface area contributed by atoms with Gasteiger partial charge in [-0.05, 0) is 55.9 Å². The van der Waals surface area contributed by atoms with Gasteiger partial charge in [-0.3, -0.25) is 9.59 Å². The van der Waals surface area contributed by atoms with Gasteiger partial charge in [0.25, 0.3) is 0 Å². The Morgan fingerprint density at radius 2 is 1.70 bits per heavy atom. The van der Waals surface area contributed by atoms with Gasteiger partial charge < -0.3 is 10.2 Å². The second kappa shape index (κ2) is 11.4. The van der Waals surface area contributed by atoms with E-state index < -0.39 is 16.1 Å². The zero-order valence-electron chi connectivity index (χ0n) is 19.3. The fourth-order valence-electron chi connectivity index (χ4n) is 3.48. The summed E-state index contributed by atoms with van der Waals surface area (Å²) in [4.78, 5) is 27.5. The molecule has 0 heterocycles. The predicted molar refractivity (Wildman–Crippen MR) is 128 cm³/mol. The standard InChI is InChI=1S/C25H33N3O4S/c1-3-17-26-25(30)19(2)28(18-21-7-5-4-6-8-21)24(29)16-11-20-9-14-23(15-10-20)33(31,32)27-22-12-13-22/h4-10,14-15,19,22,27H,3,11-13,16-18H2,1-2H3,(H,26,30). The lowest BCUT2D eigenvalue weighted by molar-refractivity contribution is -0.140. The predicted octanol–water partition coefficient (Wildman–Crippen LogP) is 3.00. The quantitative estimate of drug-likeness (QED) is 0.497. The van der Waals surface area contributed by atoms with E-state index in [0.29, 0.717) is 19.5 Å². The van der Waals surface area contributed by atoms with Crippen LogP contribution in [0.4, 0.5) is 0 Å². The van der Waals surface area contributed by atoms with Crippen LogP contribution in [0.25, 0.3) is 0 Å². The molecule has 1 atom stereocenters. The van der Waals surface area contributed by atoms with Crippen molar-refractivity contribution in [3.8, 4) is 0 Å². The molecule has 0 bridgehead atoms. The Hall–Kier alpha value is -2.71. The van der Waals surface area contributed by atoms with Crippen molar-refractivity contribution in [2.45, 2.75) is 69.5 Å². The van der Waals surface area contributed by atoms with Crippen LogP contribution in [0.2, 0.25) is 0 Å². The van der Waals surface area contributed by atoms with Gasteiger partial charge >= 0.3 is 0 Å². The molecule has 33 heavy (non-hydrogen) atoms. The van der Waals surface area contributed by atoms with Gasteiger partial charge in [-0.1, -0.05) is 49.4 Å². The Morgan fingerprint density at radius 1 is 1.03 bits per heavy atom. The van der Waals surface area contributed by atoms with Crippen molar-refractivity contribution in [3.05, 3.63) is 65.7 Å². The number of benzene rings is 2. The molecule has 8 heteroatoms. The molecule has 0 saturated heterocycles. The maximum absolute atomic E-state index is 13.1. The molecule has 2 amide bonds.